The summed E-state index contributed by atoms with van der Waals surface area (Å²) in [5, 5.41) is 9.63. The summed E-state index contributed by atoms with van der Waals surface area (Å²) in [7, 11) is 0. The minimum absolute atomic E-state index is 0.287. The molecule has 0 radical (unpaired) electrons. The van der Waals surface area contributed by atoms with E-state index in [2.05, 4.69) is 32.9 Å². The molecule has 2 atom stereocenters. The molecule has 1 aromatic rings. The predicted octanol–water partition coefficient (Wildman–Crippen LogP) is 4.41. The Bertz CT molecular complexity index is 398. The lowest BCUT2D eigenvalue weighted by atomic mass is 9.64. The molecule has 1 aliphatic carbocycles. The lowest BCUT2D eigenvalue weighted by molar-refractivity contribution is 0.194. The molecule has 0 heterocycles. The number of rotatable bonds is 1. The molecule has 1 nitrogen and oxygen atoms in total. The largest absolute Gasteiger partial charge is 0.508 e. The smallest absolute Gasteiger partial charge is 0.118 e. The number of phenols is 1. The van der Waals surface area contributed by atoms with Gasteiger partial charge in [0.25, 0.3) is 0 Å². The van der Waals surface area contributed by atoms with E-state index in [1.54, 1.807) is 0 Å². The molecule has 1 aromatic carbocycles. The van der Waals surface area contributed by atoms with Crippen LogP contribution in [0.3, 0.4) is 0 Å². The fraction of sp³-hybridized carbons (Fsp3) is 0.625. The van der Waals surface area contributed by atoms with Gasteiger partial charge in [0, 0.05) is 0 Å². The third-order valence-electron chi connectivity index (χ3n) is 4.30. The molecule has 0 aromatic heterocycles. The summed E-state index contributed by atoms with van der Waals surface area (Å²) >= 11 is 0. The van der Waals surface area contributed by atoms with E-state index in [-0.39, 0.29) is 5.41 Å². The Hall–Kier alpha value is -0.980. The first-order valence-corrected chi connectivity index (χ1v) is 6.71. The van der Waals surface area contributed by atoms with E-state index in [0.29, 0.717) is 5.75 Å². The van der Waals surface area contributed by atoms with Crippen molar-refractivity contribution in [3.63, 3.8) is 0 Å². The predicted molar refractivity (Wildman–Crippen MR) is 72.4 cm³/mol. The molecular formula is C16H24O. The van der Waals surface area contributed by atoms with Crippen LogP contribution in [0.25, 0.3) is 0 Å². The highest BCUT2D eigenvalue weighted by molar-refractivity contribution is 5.38. The second kappa shape index (κ2) is 4.36. The van der Waals surface area contributed by atoms with Crippen molar-refractivity contribution in [3.8, 4) is 5.75 Å². The van der Waals surface area contributed by atoms with Crippen molar-refractivity contribution in [2.45, 2.75) is 52.4 Å². The molecule has 1 saturated carbocycles. The topological polar surface area (TPSA) is 20.2 Å². The zero-order chi connectivity index (χ0) is 12.6. The van der Waals surface area contributed by atoms with Gasteiger partial charge in [-0.15, -0.1) is 0 Å². The molecular weight excluding hydrogens is 208 g/mol. The highest BCUT2D eigenvalue weighted by Gasteiger charge is 2.35. The molecule has 2 rings (SSSR count). The minimum Gasteiger partial charge on any atom is -0.508 e. The monoisotopic (exact) mass is 232 g/mol. The maximum Gasteiger partial charge on any atom is 0.118 e. The van der Waals surface area contributed by atoms with E-state index < -0.39 is 0 Å². The number of benzene rings is 1. The first-order valence-electron chi connectivity index (χ1n) is 6.71. The Labute approximate surface area is 105 Å². The summed E-state index contributed by atoms with van der Waals surface area (Å²) in [5.74, 6) is 2.02. The maximum absolute atomic E-state index is 9.63. The second-order valence-corrected chi connectivity index (χ2v) is 6.42. The van der Waals surface area contributed by atoms with Crippen molar-refractivity contribution in [1.29, 1.82) is 0 Å². The van der Waals surface area contributed by atoms with Crippen LogP contribution in [0.4, 0.5) is 0 Å². The van der Waals surface area contributed by atoms with Crippen LogP contribution in [0, 0.1) is 18.8 Å². The number of phenolic OH excluding ortho intramolecular Hbond substituents is 1. The number of aromatic hydroxyl groups is 1. The van der Waals surface area contributed by atoms with Crippen LogP contribution in [0.15, 0.2) is 18.2 Å². The first kappa shape index (κ1) is 12.5. The molecule has 0 saturated heterocycles. The molecule has 0 aliphatic heterocycles. The van der Waals surface area contributed by atoms with Crippen molar-refractivity contribution in [2.24, 2.45) is 11.8 Å². The Balaban J connectivity index is 2.33. The summed E-state index contributed by atoms with van der Waals surface area (Å²) in [6.07, 6.45) is 3.88. The van der Waals surface area contributed by atoms with Crippen molar-refractivity contribution in [2.75, 3.05) is 0 Å². The third kappa shape index (κ3) is 2.48. The highest BCUT2D eigenvalue weighted by Crippen LogP contribution is 2.44. The molecule has 1 N–H and O–H groups in total. The quantitative estimate of drug-likeness (QED) is 0.760. The molecule has 17 heavy (non-hydrogen) atoms. The van der Waals surface area contributed by atoms with E-state index in [1.807, 2.05) is 13.0 Å². The zero-order valence-electron chi connectivity index (χ0n) is 11.5. The normalized spacial score (nSPS) is 33.6. The minimum atomic E-state index is 0.287. The third-order valence-corrected chi connectivity index (χ3v) is 4.30. The van der Waals surface area contributed by atoms with Gasteiger partial charge in [-0.2, -0.15) is 0 Å². The molecule has 0 bridgehead atoms. The fourth-order valence-electron chi connectivity index (χ4n) is 3.74. The SMILES string of the molecule is Cc1cc(C2(C)CC(C)CC(C)C2)ccc1O. The van der Waals surface area contributed by atoms with E-state index >= 15 is 0 Å². The van der Waals surface area contributed by atoms with Crippen LogP contribution in [-0.4, -0.2) is 5.11 Å². The summed E-state index contributed by atoms with van der Waals surface area (Å²) in [5.41, 5.74) is 2.68. The summed E-state index contributed by atoms with van der Waals surface area (Å²) in [4.78, 5) is 0. The number of hydrogen-bond donors (Lipinski definition) is 1. The van der Waals surface area contributed by atoms with Crippen LogP contribution in [0.2, 0.25) is 0 Å². The van der Waals surface area contributed by atoms with E-state index in [9.17, 15) is 5.11 Å². The van der Waals surface area contributed by atoms with Gasteiger partial charge in [-0.3, -0.25) is 0 Å². The van der Waals surface area contributed by atoms with Gasteiger partial charge in [0.05, 0.1) is 0 Å². The van der Waals surface area contributed by atoms with E-state index in [0.717, 1.165) is 17.4 Å². The molecule has 0 amide bonds. The Kier molecular flexibility index (Phi) is 3.20. The van der Waals surface area contributed by atoms with Crippen LogP contribution in [0.5, 0.6) is 5.75 Å². The van der Waals surface area contributed by atoms with E-state index in [4.69, 9.17) is 0 Å². The molecule has 94 valence electrons. The summed E-state index contributed by atoms with van der Waals surface area (Å²) in [6, 6.07) is 6.12. The van der Waals surface area contributed by atoms with Gasteiger partial charge >= 0.3 is 0 Å². The summed E-state index contributed by atoms with van der Waals surface area (Å²) in [6.45, 7) is 9.09. The first-order chi connectivity index (χ1) is 7.90. The van der Waals surface area contributed by atoms with Gasteiger partial charge in [-0.1, -0.05) is 32.9 Å². The zero-order valence-corrected chi connectivity index (χ0v) is 11.5. The van der Waals surface area contributed by atoms with Crippen LogP contribution >= 0.6 is 0 Å². The van der Waals surface area contributed by atoms with Crippen LogP contribution < -0.4 is 0 Å². The van der Waals surface area contributed by atoms with Gasteiger partial charge in [-0.25, -0.2) is 0 Å². The molecule has 2 unspecified atom stereocenters. The molecule has 0 spiro atoms. The Morgan fingerprint density at radius 1 is 1.18 bits per heavy atom. The second-order valence-electron chi connectivity index (χ2n) is 6.42. The lowest BCUT2D eigenvalue weighted by Gasteiger charge is -2.41. The van der Waals surface area contributed by atoms with Crippen molar-refractivity contribution in [3.05, 3.63) is 29.3 Å². The Morgan fingerprint density at radius 3 is 2.29 bits per heavy atom. The van der Waals surface area contributed by atoms with Crippen molar-refractivity contribution < 1.29 is 5.11 Å². The van der Waals surface area contributed by atoms with E-state index in [1.165, 1.54) is 24.8 Å². The van der Waals surface area contributed by atoms with Crippen molar-refractivity contribution >= 4 is 0 Å². The molecule has 1 fully saturated rings. The number of aryl methyl sites for hydroxylation is 1. The van der Waals surface area contributed by atoms with Gasteiger partial charge in [0.2, 0.25) is 0 Å². The number of hydrogen-bond acceptors (Lipinski definition) is 1. The fourth-order valence-corrected chi connectivity index (χ4v) is 3.74. The van der Waals surface area contributed by atoms with Gasteiger partial charge in [0.15, 0.2) is 0 Å². The summed E-state index contributed by atoms with van der Waals surface area (Å²) < 4.78 is 0. The highest BCUT2D eigenvalue weighted by atomic mass is 16.3. The maximum atomic E-state index is 9.63. The van der Waals surface area contributed by atoms with Gasteiger partial charge in [0.1, 0.15) is 5.75 Å². The van der Waals surface area contributed by atoms with Crippen molar-refractivity contribution in [1.82, 2.24) is 0 Å². The van der Waals surface area contributed by atoms with Gasteiger partial charge < -0.3 is 5.11 Å². The van der Waals surface area contributed by atoms with Gasteiger partial charge in [-0.05, 0) is 60.6 Å². The Morgan fingerprint density at radius 2 is 1.76 bits per heavy atom. The van der Waals surface area contributed by atoms with Crippen LogP contribution in [-0.2, 0) is 5.41 Å². The molecule has 1 aliphatic rings. The average molecular weight is 232 g/mol. The van der Waals surface area contributed by atoms with Crippen LogP contribution in [0.1, 0.15) is 51.2 Å². The average Bonchev–Trinajstić information content (AvgIpc) is 2.19. The standard InChI is InChI=1S/C16H24O/c1-11-7-12(2)10-16(4,9-11)14-5-6-15(17)13(3)8-14/h5-6,8,11-12,17H,7,9-10H2,1-4H3. The lowest BCUT2D eigenvalue weighted by Crippen LogP contribution is -2.32. The molecule has 1 heteroatoms.